The van der Waals surface area contributed by atoms with E-state index in [1.54, 1.807) is 11.3 Å². The molecule has 0 radical (unpaired) electrons. The maximum Gasteiger partial charge on any atom is 0.298 e. The van der Waals surface area contributed by atoms with Crippen LogP contribution in [0.1, 0.15) is 31.2 Å². The van der Waals surface area contributed by atoms with Crippen molar-refractivity contribution in [3.8, 4) is 12.1 Å². The van der Waals surface area contributed by atoms with E-state index in [1.165, 1.54) is 0 Å². The van der Waals surface area contributed by atoms with Gasteiger partial charge in [0.25, 0.3) is 6.01 Å². The molecule has 1 aliphatic carbocycles. The molecule has 0 saturated heterocycles. The predicted molar refractivity (Wildman–Crippen MR) is 121 cm³/mol. The van der Waals surface area contributed by atoms with Crippen molar-refractivity contribution in [1.29, 1.82) is 5.26 Å². The van der Waals surface area contributed by atoms with Crippen LogP contribution in [0.3, 0.4) is 0 Å². The highest BCUT2D eigenvalue weighted by Crippen LogP contribution is 2.32. The molecule has 1 fully saturated rings. The summed E-state index contributed by atoms with van der Waals surface area (Å²) < 4.78 is 8.68. The Labute approximate surface area is 183 Å². The fourth-order valence-electron chi connectivity index (χ4n) is 4.22. The van der Waals surface area contributed by atoms with Gasteiger partial charge in [-0.3, -0.25) is 4.57 Å². The largest absolute Gasteiger partial charge is 0.449 e. The second kappa shape index (κ2) is 8.53. The first-order valence-corrected chi connectivity index (χ1v) is 11.3. The summed E-state index contributed by atoms with van der Waals surface area (Å²) in [5.41, 5.74) is 3.76. The molecule has 0 bridgehead atoms. The molecule has 158 valence electrons. The number of nitriles is 1. The highest BCUT2D eigenvalue weighted by Gasteiger charge is 2.24. The molecule has 4 aromatic rings. The number of hydrogen-bond acceptors (Lipinski definition) is 7. The zero-order valence-corrected chi connectivity index (χ0v) is 17.8. The molecule has 0 spiro atoms. The molecule has 2 aromatic heterocycles. The van der Waals surface area contributed by atoms with Crippen molar-refractivity contribution in [3.63, 3.8) is 0 Å². The van der Waals surface area contributed by atoms with E-state index in [0.29, 0.717) is 12.6 Å². The van der Waals surface area contributed by atoms with Gasteiger partial charge >= 0.3 is 0 Å². The number of para-hydroxylation sites is 3. The van der Waals surface area contributed by atoms with E-state index < -0.39 is 0 Å². The van der Waals surface area contributed by atoms with Crippen LogP contribution < -0.4 is 10.1 Å². The number of aliphatic hydroxyl groups excluding tert-OH is 1. The van der Waals surface area contributed by atoms with E-state index in [9.17, 15) is 5.11 Å². The first kappa shape index (κ1) is 19.8. The van der Waals surface area contributed by atoms with Gasteiger partial charge in [0, 0.05) is 0 Å². The van der Waals surface area contributed by atoms with Crippen LogP contribution >= 0.6 is 11.3 Å². The smallest absolute Gasteiger partial charge is 0.298 e. The Kier molecular flexibility index (Phi) is 5.45. The van der Waals surface area contributed by atoms with E-state index in [4.69, 9.17) is 15.0 Å². The first-order chi connectivity index (χ1) is 15.2. The number of thiazole rings is 1. The molecule has 0 amide bonds. The van der Waals surface area contributed by atoms with Crippen LogP contribution in [0.2, 0.25) is 0 Å². The predicted octanol–water partition coefficient (Wildman–Crippen LogP) is 4.31. The van der Waals surface area contributed by atoms with Gasteiger partial charge in [0.2, 0.25) is 0 Å². The molecule has 1 saturated carbocycles. The third-order valence-corrected chi connectivity index (χ3v) is 6.71. The molecule has 1 aliphatic rings. The van der Waals surface area contributed by atoms with Crippen molar-refractivity contribution in [3.05, 3.63) is 48.0 Å². The van der Waals surface area contributed by atoms with Crippen LogP contribution in [-0.2, 0) is 6.54 Å². The maximum atomic E-state index is 10.3. The standard InChI is InChI=1S/C23H23N5O2S/c24-12-13-30-23-26-16-7-1-3-9-18(16)28(23)14-15-6-5-11-20-21(15)27-22(31-20)25-17-8-2-4-10-19(17)29/h1,3,5-7,9,11,17,19,29H,2,4,8,10,13-14H2,(H,25,27). The fraction of sp³-hybridized carbons (Fsp3) is 0.348. The average Bonchev–Trinajstić information content (AvgIpc) is 3.35. The molecule has 7 nitrogen and oxygen atoms in total. The van der Waals surface area contributed by atoms with Crippen molar-refractivity contribution in [2.45, 2.75) is 44.4 Å². The number of benzene rings is 2. The fourth-order valence-corrected chi connectivity index (χ4v) is 5.19. The van der Waals surface area contributed by atoms with Crippen LogP contribution in [0.4, 0.5) is 5.13 Å². The number of imidazole rings is 1. The molecule has 2 heterocycles. The summed E-state index contributed by atoms with van der Waals surface area (Å²) in [5, 5.41) is 23.5. The Morgan fingerprint density at radius 1 is 1.16 bits per heavy atom. The van der Waals surface area contributed by atoms with E-state index in [-0.39, 0.29) is 18.8 Å². The highest BCUT2D eigenvalue weighted by molar-refractivity contribution is 7.22. The Hall–Kier alpha value is -3.15. The normalized spacial score (nSPS) is 18.8. The van der Waals surface area contributed by atoms with Crippen molar-refractivity contribution >= 4 is 37.7 Å². The minimum Gasteiger partial charge on any atom is -0.449 e. The van der Waals surface area contributed by atoms with Gasteiger partial charge in [0.15, 0.2) is 11.7 Å². The quantitative estimate of drug-likeness (QED) is 0.470. The second-order valence-electron chi connectivity index (χ2n) is 7.80. The first-order valence-electron chi connectivity index (χ1n) is 10.5. The zero-order chi connectivity index (χ0) is 21.2. The van der Waals surface area contributed by atoms with E-state index in [2.05, 4.69) is 22.4 Å². The Morgan fingerprint density at radius 2 is 2.03 bits per heavy atom. The van der Waals surface area contributed by atoms with E-state index >= 15 is 0 Å². The number of aromatic nitrogens is 3. The van der Waals surface area contributed by atoms with Crippen molar-refractivity contribution in [1.82, 2.24) is 14.5 Å². The van der Waals surface area contributed by atoms with Gasteiger partial charge in [-0.1, -0.05) is 48.4 Å². The van der Waals surface area contributed by atoms with Crippen molar-refractivity contribution in [2.75, 3.05) is 11.9 Å². The number of fused-ring (bicyclic) bond motifs is 2. The van der Waals surface area contributed by atoms with Crippen LogP contribution in [0.15, 0.2) is 42.5 Å². The Morgan fingerprint density at radius 3 is 2.90 bits per heavy atom. The average molecular weight is 434 g/mol. The molecular formula is C23H23N5O2S. The highest BCUT2D eigenvalue weighted by atomic mass is 32.1. The number of aliphatic hydroxyl groups is 1. The van der Waals surface area contributed by atoms with E-state index in [1.807, 2.05) is 41.0 Å². The van der Waals surface area contributed by atoms with Crippen molar-refractivity contribution < 1.29 is 9.84 Å². The monoisotopic (exact) mass is 433 g/mol. The van der Waals surface area contributed by atoms with E-state index in [0.717, 1.165) is 57.6 Å². The lowest BCUT2D eigenvalue weighted by Gasteiger charge is -2.28. The lowest BCUT2D eigenvalue weighted by atomic mass is 9.93. The van der Waals surface area contributed by atoms with Gasteiger partial charge in [0.1, 0.15) is 6.07 Å². The third-order valence-electron chi connectivity index (χ3n) is 5.75. The minimum atomic E-state index is -0.322. The Balaban J connectivity index is 1.48. The molecule has 8 heteroatoms. The van der Waals surface area contributed by atoms with Gasteiger partial charge in [-0.05, 0) is 36.6 Å². The van der Waals surface area contributed by atoms with Gasteiger partial charge in [-0.25, -0.2) is 4.98 Å². The molecule has 2 unspecified atom stereocenters. The lowest BCUT2D eigenvalue weighted by Crippen LogP contribution is -2.36. The van der Waals surface area contributed by atoms with Gasteiger partial charge in [-0.15, -0.1) is 0 Å². The van der Waals surface area contributed by atoms with Gasteiger partial charge in [0.05, 0.1) is 39.9 Å². The van der Waals surface area contributed by atoms with Crippen LogP contribution in [0, 0.1) is 11.3 Å². The summed E-state index contributed by atoms with van der Waals surface area (Å²) in [6, 6.07) is 16.5. The molecule has 2 aromatic carbocycles. The minimum absolute atomic E-state index is 0.0536. The second-order valence-corrected chi connectivity index (χ2v) is 8.83. The lowest BCUT2D eigenvalue weighted by molar-refractivity contribution is 0.116. The van der Waals surface area contributed by atoms with Crippen molar-refractivity contribution in [2.24, 2.45) is 0 Å². The molecular weight excluding hydrogens is 410 g/mol. The topological polar surface area (TPSA) is 96.0 Å². The maximum absolute atomic E-state index is 10.3. The summed E-state index contributed by atoms with van der Waals surface area (Å²) in [5.74, 6) is 0. The number of rotatable bonds is 6. The molecule has 31 heavy (non-hydrogen) atoms. The summed E-state index contributed by atoms with van der Waals surface area (Å²) >= 11 is 1.61. The third kappa shape index (κ3) is 3.94. The number of nitrogens with one attached hydrogen (secondary N) is 1. The summed E-state index contributed by atoms with van der Waals surface area (Å²) in [6.07, 6.45) is 3.69. The van der Waals surface area contributed by atoms with Gasteiger partial charge < -0.3 is 15.2 Å². The number of hydrogen-bond donors (Lipinski definition) is 2. The Bertz CT molecular complexity index is 1260. The zero-order valence-electron chi connectivity index (χ0n) is 17.0. The van der Waals surface area contributed by atoms with Crippen LogP contribution in [-0.4, -0.2) is 38.4 Å². The number of anilines is 1. The van der Waals surface area contributed by atoms with Gasteiger partial charge in [-0.2, -0.15) is 10.2 Å². The molecule has 2 atom stereocenters. The summed E-state index contributed by atoms with van der Waals surface area (Å²) in [4.78, 5) is 9.41. The number of ether oxygens (including phenoxy) is 1. The molecule has 0 aliphatic heterocycles. The SMILES string of the molecule is N#CCOc1nc2ccccc2n1Cc1cccc2sc(NC3CCCCC3O)nc12. The number of nitrogens with zero attached hydrogens (tertiary/aromatic N) is 4. The summed E-state index contributed by atoms with van der Waals surface area (Å²) in [6.45, 7) is 0.482. The van der Waals surface area contributed by atoms with Crippen LogP contribution in [0.25, 0.3) is 21.3 Å². The molecule has 5 rings (SSSR count). The summed E-state index contributed by atoms with van der Waals surface area (Å²) in [7, 11) is 0. The van der Waals surface area contributed by atoms with Crippen LogP contribution in [0.5, 0.6) is 6.01 Å². The molecule has 2 N–H and O–H groups in total.